The summed E-state index contributed by atoms with van der Waals surface area (Å²) in [6.45, 7) is 5.19. The van der Waals surface area contributed by atoms with Gasteiger partial charge in [0, 0.05) is 31.3 Å². The van der Waals surface area contributed by atoms with E-state index in [9.17, 15) is 14.4 Å². The summed E-state index contributed by atoms with van der Waals surface area (Å²) >= 11 is 0. The fourth-order valence-corrected chi connectivity index (χ4v) is 5.33. The molecule has 2 aliphatic rings. The molecule has 2 fully saturated rings. The van der Waals surface area contributed by atoms with E-state index in [2.05, 4.69) is 29.2 Å². The van der Waals surface area contributed by atoms with Crippen LogP contribution in [0, 0.1) is 11.8 Å². The number of anilines is 1. The van der Waals surface area contributed by atoms with Gasteiger partial charge in [0.05, 0.1) is 17.9 Å². The number of hydrogen-bond donors (Lipinski definition) is 0. The van der Waals surface area contributed by atoms with Crippen molar-refractivity contribution in [1.29, 1.82) is 0 Å². The Morgan fingerprint density at radius 2 is 1.72 bits per heavy atom. The highest BCUT2D eigenvalue weighted by molar-refractivity contribution is 6.22. The van der Waals surface area contributed by atoms with Crippen LogP contribution in [-0.4, -0.2) is 55.5 Å². The Bertz CT molecular complexity index is 1320. The normalized spacial score (nSPS) is 19.8. The lowest BCUT2D eigenvalue weighted by atomic mass is 9.99. The van der Waals surface area contributed by atoms with Crippen molar-refractivity contribution in [3.8, 4) is 16.9 Å². The van der Waals surface area contributed by atoms with Gasteiger partial charge in [-0.05, 0) is 54.8 Å². The lowest BCUT2D eigenvalue weighted by Gasteiger charge is -2.32. The highest BCUT2D eigenvalue weighted by Gasteiger charge is 2.38. The summed E-state index contributed by atoms with van der Waals surface area (Å²) in [5.41, 5.74) is 2.84. The van der Waals surface area contributed by atoms with Gasteiger partial charge in [-0.3, -0.25) is 14.5 Å². The molecule has 0 aliphatic carbocycles. The summed E-state index contributed by atoms with van der Waals surface area (Å²) in [6.07, 6.45) is 2.16. The quantitative estimate of drug-likeness (QED) is 0.282. The minimum atomic E-state index is -0.510. The lowest BCUT2D eigenvalue weighted by Crippen LogP contribution is -2.39. The molecule has 3 aromatic rings. The number of esters is 1. The molecule has 202 valence electrons. The number of likely N-dealkylation sites (tertiary alicyclic amines) is 1. The standard InChI is InChI=1S/C32H34N2O5/c1-23-19-30(35)34(31(23)36)29-15-6-5-14-28(29)32(37)39-22-24-9-8-16-33(21-24)17-18-38-27-13-7-12-26(20-27)25-10-3-2-4-11-25/h2-7,10-15,20,23-24H,8-9,16-19,21-22H2,1H3. The molecule has 0 radical (unpaired) electrons. The van der Waals surface area contributed by atoms with E-state index < -0.39 is 5.97 Å². The first-order chi connectivity index (χ1) is 19.0. The Morgan fingerprint density at radius 1 is 0.949 bits per heavy atom. The van der Waals surface area contributed by atoms with Crippen LogP contribution in [0.15, 0.2) is 78.9 Å². The Labute approximate surface area is 229 Å². The largest absolute Gasteiger partial charge is 0.492 e. The zero-order chi connectivity index (χ0) is 27.2. The van der Waals surface area contributed by atoms with Crippen LogP contribution in [-0.2, 0) is 14.3 Å². The maximum atomic E-state index is 13.0. The van der Waals surface area contributed by atoms with E-state index in [1.807, 2.05) is 30.3 Å². The van der Waals surface area contributed by atoms with E-state index >= 15 is 0 Å². The van der Waals surface area contributed by atoms with Crippen LogP contribution in [0.1, 0.15) is 36.5 Å². The van der Waals surface area contributed by atoms with Gasteiger partial charge < -0.3 is 9.47 Å². The van der Waals surface area contributed by atoms with Crippen molar-refractivity contribution in [3.63, 3.8) is 0 Å². The predicted molar refractivity (Wildman–Crippen MR) is 150 cm³/mol. The highest BCUT2D eigenvalue weighted by Crippen LogP contribution is 2.30. The zero-order valence-electron chi connectivity index (χ0n) is 22.3. The van der Waals surface area contributed by atoms with Crippen LogP contribution in [0.2, 0.25) is 0 Å². The summed E-state index contributed by atoms with van der Waals surface area (Å²) in [7, 11) is 0. The number of carbonyl (C=O) groups excluding carboxylic acids is 3. The fraction of sp³-hybridized carbons (Fsp3) is 0.344. The average molecular weight is 527 g/mol. The van der Waals surface area contributed by atoms with E-state index in [1.165, 1.54) is 0 Å². The number of benzene rings is 3. The number of rotatable bonds is 9. The molecule has 2 unspecified atom stereocenters. The molecule has 5 rings (SSSR count). The first-order valence-corrected chi connectivity index (χ1v) is 13.6. The number of para-hydroxylation sites is 1. The third-order valence-electron chi connectivity index (χ3n) is 7.41. The van der Waals surface area contributed by atoms with Crippen molar-refractivity contribution in [2.75, 3.05) is 37.7 Å². The maximum Gasteiger partial charge on any atom is 0.340 e. The molecule has 7 heteroatoms. The predicted octanol–water partition coefficient (Wildman–Crippen LogP) is 5.20. The maximum absolute atomic E-state index is 13.0. The molecule has 2 saturated heterocycles. The van der Waals surface area contributed by atoms with E-state index in [1.54, 1.807) is 31.2 Å². The topological polar surface area (TPSA) is 76.2 Å². The van der Waals surface area contributed by atoms with Gasteiger partial charge in [-0.1, -0.05) is 61.5 Å². The molecule has 2 heterocycles. The molecule has 3 aromatic carbocycles. The Hall–Kier alpha value is -3.97. The van der Waals surface area contributed by atoms with E-state index in [0.717, 1.165) is 54.3 Å². The molecular weight excluding hydrogens is 492 g/mol. The van der Waals surface area contributed by atoms with Gasteiger partial charge >= 0.3 is 5.97 Å². The van der Waals surface area contributed by atoms with Crippen molar-refractivity contribution < 1.29 is 23.9 Å². The number of ether oxygens (including phenoxy) is 2. The van der Waals surface area contributed by atoms with E-state index in [-0.39, 0.29) is 35.6 Å². The molecule has 2 aliphatic heterocycles. The van der Waals surface area contributed by atoms with Crippen LogP contribution in [0.25, 0.3) is 11.1 Å². The molecule has 0 N–H and O–H groups in total. The number of carbonyl (C=O) groups is 3. The van der Waals surface area contributed by atoms with E-state index in [4.69, 9.17) is 9.47 Å². The molecular formula is C32H34N2O5. The minimum Gasteiger partial charge on any atom is -0.492 e. The molecule has 0 spiro atoms. The number of piperidine rings is 1. The summed E-state index contributed by atoms with van der Waals surface area (Å²) in [6, 6.07) is 25.0. The van der Waals surface area contributed by atoms with Crippen LogP contribution in [0.5, 0.6) is 5.75 Å². The lowest BCUT2D eigenvalue weighted by molar-refractivity contribution is -0.122. The number of imide groups is 1. The van der Waals surface area contributed by atoms with Crippen molar-refractivity contribution in [1.82, 2.24) is 4.90 Å². The number of amides is 2. The summed E-state index contributed by atoms with van der Waals surface area (Å²) in [5, 5.41) is 0. The Kier molecular flexibility index (Phi) is 8.37. The summed E-state index contributed by atoms with van der Waals surface area (Å²) < 4.78 is 11.8. The summed E-state index contributed by atoms with van der Waals surface area (Å²) in [4.78, 5) is 41.4. The number of hydrogen-bond acceptors (Lipinski definition) is 6. The van der Waals surface area contributed by atoms with Gasteiger partial charge in [0.2, 0.25) is 11.8 Å². The Morgan fingerprint density at radius 3 is 2.51 bits per heavy atom. The molecule has 39 heavy (non-hydrogen) atoms. The van der Waals surface area contributed by atoms with Crippen LogP contribution < -0.4 is 9.64 Å². The second kappa shape index (κ2) is 12.3. The molecule has 0 saturated carbocycles. The van der Waals surface area contributed by atoms with Gasteiger partial charge in [0.1, 0.15) is 12.4 Å². The molecule has 2 atom stereocenters. The van der Waals surface area contributed by atoms with Crippen LogP contribution >= 0.6 is 0 Å². The molecule has 2 amide bonds. The zero-order valence-corrected chi connectivity index (χ0v) is 22.3. The highest BCUT2D eigenvalue weighted by atomic mass is 16.5. The van der Waals surface area contributed by atoms with Gasteiger partial charge in [-0.2, -0.15) is 0 Å². The van der Waals surface area contributed by atoms with Crippen molar-refractivity contribution in [2.45, 2.75) is 26.2 Å². The molecule has 0 aromatic heterocycles. The summed E-state index contributed by atoms with van der Waals surface area (Å²) in [5.74, 6) is -0.397. The minimum absolute atomic E-state index is 0.155. The first-order valence-electron chi connectivity index (χ1n) is 13.6. The van der Waals surface area contributed by atoms with Gasteiger partial charge in [0.25, 0.3) is 0 Å². The first kappa shape index (κ1) is 26.6. The fourth-order valence-electron chi connectivity index (χ4n) is 5.33. The van der Waals surface area contributed by atoms with Crippen molar-refractivity contribution in [2.24, 2.45) is 11.8 Å². The smallest absolute Gasteiger partial charge is 0.340 e. The SMILES string of the molecule is CC1CC(=O)N(c2ccccc2C(=O)OCC2CCCN(CCOc3cccc(-c4ccccc4)c3)C2)C1=O. The van der Waals surface area contributed by atoms with Gasteiger partial charge in [-0.25, -0.2) is 9.69 Å². The van der Waals surface area contributed by atoms with Crippen molar-refractivity contribution >= 4 is 23.5 Å². The van der Waals surface area contributed by atoms with Crippen molar-refractivity contribution in [3.05, 3.63) is 84.4 Å². The molecule has 7 nitrogen and oxygen atoms in total. The Balaban J connectivity index is 1.12. The number of nitrogens with zero attached hydrogens (tertiary/aromatic N) is 2. The third-order valence-corrected chi connectivity index (χ3v) is 7.41. The van der Waals surface area contributed by atoms with Crippen LogP contribution in [0.4, 0.5) is 5.69 Å². The van der Waals surface area contributed by atoms with E-state index in [0.29, 0.717) is 18.9 Å². The van der Waals surface area contributed by atoms with Gasteiger partial charge in [-0.15, -0.1) is 0 Å². The monoisotopic (exact) mass is 526 g/mol. The average Bonchev–Trinajstić information content (AvgIpc) is 3.23. The second-order valence-electron chi connectivity index (χ2n) is 10.3. The van der Waals surface area contributed by atoms with Gasteiger partial charge in [0.15, 0.2) is 0 Å². The second-order valence-corrected chi connectivity index (χ2v) is 10.3. The molecule has 0 bridgehead atoms. The third kappa shape index (κ3) is 6.37. The van der Waals surface area contributed by atoms with Crippen LogP contribution in [0.3, 0.4) is 0 Å².